The highest BCUT2D eigenvalue weighted by molar-refractivity contribution is 5.75. The Balaban J connectivity index is 1.72. The van der Waals surface area contributed by atoms with Gasteiger partial charge in [-0.05, 0) is 37.8 Å². The first-order valence-corrected chi connectivity index (χ1v) is 7.69. The second kappa shape index (κ2) is 5.60. The van der Waals surface area contributed by atoms with Crippen LogP contribution in [-0.4, -0.2) is 28.6 Å². The first kappa shape index (κ1) is 13.7. The highest BCUT2D eigenvalue weighted by Crippen LogP contribution is 2.40. The number of carbonyl (C=O) groups is 1. The molecule has 0 unspecified atom stereocenters. The number of rotatable bonds is 6. The van der Waals surface area contributed by atoms with E-state index in [4.69, 9.17) is 4.42 Å². The van der Waals surface area contributed by atoms with Crippen LogP contribution in [-0.2, 0) is 11.3 Å². The topological polar surface area (TPSA) is 53.7 Å². The molecule has 0 aromatic carbocycles. The first-order valence-electron chi connectivity index (χ1n) is 7.69. The van der Waals surface area contributed by atoms with Crippen molar-refractivity contribution in [2.75, 3.05) is 6.54 Å². The van der Waals surface area contributed by atoms with Crippen LogP contribution in [0.25, 0.3) is 0 Å². The molecule has 0 aliphatic heterocycles. The summed E-state index contributed by atoms with van der Waals surface area (Å²) in [5.41, 5.74) is -0.534. The van der Waals surface area contributed by atoms with E-state index in [0.717, 1.165) is 38.0 Å². The summed E-state index contributed by atoms with van der Waals surface area (Å²) in [6.45, 7) is 1.42. The smallest absolute Gasteiger partial charge is 0.310 e. The third-order valence-electron chi connectivity index (χ3n) is 4.77. The third-order valence-corrected chi connectivity index (χ3v) is 4.77. The standard InChI is InChI=1S/C16H23NO3/c18-15(19)16(8-2-1-3-9-16)12-17(13-6-7-13)11-14-5-4-10-20-14/h4-5,10,13H,1-3,6-9,11-12H2,(H,18,19). The molecule has 1 heterocycles. The highest BCUT2D eigenvalue weighted by atomic mass is 16.4. The van der Waals surface area contributed by atoms with Crippen molar-refractivity contribution in [1.29, 1.82) is 0 Å². The molecule has 2 aliphatic carbocycles. The van der Waals surface area contributed by atoms with Crippen LogP contribution in [0.3, 0.4) is 0 Å². The maximum atomic E-state index is 11.8. The van der Waals surface area contributed by atoms with Gasteiger partial charge in [0, 0.05) is 12.6 Å². The zero-order chi connectivity index (χ0) is 14.0. The molecule has 4 nitrogen and oxygen atoms in total. The fourth-order valence-electron chi connectivity index (χ4n) is 3.41. The average Bonchev–Trinajstić information content (AvgIpc) is 3.18. The number of furan rings is 1. The minimum atomic E-state index is -0.609. The van der Waals surface area contributed by atoms with E-state index >= 15 is 0 Å². The second-order valence-corrected chi connectivity index (χ2v) is 6.36. The van der Waals surface area contributed by atoms with Crippen molar-refractivity contribution in [3.8, 4) is 0 Å². The zero-order valence-electron chi connectivity index (χ0n) is 11.9. The van der Waals surface area contributed by atoms with Gasteiger partial charge in [0.1, 0.15) is 5.76 Å². The summed E-state index contributed by atoms with van der Waals surface area (Å²) in [6, 6.07) is 4.43. The molecule has 110 valence electrons. The Hall–Kier alpha value is -1.29. The van der Waals surface area contributed by atoms with Gasteiger partial charge in [0.05, 0.1) is 18.2 Å². The summed E-state index contributed by atoms with van der Waals surface area (Å²) in [6.07, 6.45) is 8.99. The van der Waals surface area contributed by atoms with Gasteiger partial charge >= 0.3 is 5.97 Å². The largest absolute Gasteiger partial charge is 0.481 e. The molecular weight excluding hydrogens is 254 g/mol. The fourth-order valence-corrected chi connectivity index (χ4v) is 3.41. The van der Waals surface area contributed by atoms with Gasteiger partial charge in [-0.25, -0.2) is 0 Å². The number of aliphatic carboxylic acids is 1. The zero-order valence-corrected chi connectivity index (χ0v) is 11.9. The third kappa shape index (κ3) is 2.90. The fraction of sp³-hybridized carbons (Fsp3) is 0.688. The van der Waals surface area contributed by atoms with Crippen molar-refractivity contribution in [3.63, 3.8) is 0 Å². The number of carboxylic acid groups (broad SMARTS) is 1. The van der Waals surface area contributed by atoms with Crippen LogP contribution < -0.4 is 0 Å². The van der Waals surface area contributed by atoms with E-state index in [2.05, 4.69) is 4.90 Å². The van der Waals surface area contributed by atoms with E-state index in [1.54, 1.807) is 6.26 Å². The molecule has 1 aromatic heterocycles. The van der Waals surface area contributed by atoms with Crippen LogP contribution in [0.1, 0.15) is 50.7 Å². The molecule has 2 aliphatic rings. The predicted molar refractivity (Wildman–Crippen MR) is 75.3 cm³/mol. The molecule has 0 radical (unpaired) electrons. The van der Waals surface area contributed by atoms with Crippen LogP contribution in [0, 0.1) is 5.41 Å². The minimum Gasteiger partial charge on any atom is -0.481 e. The summed E-state index contributed by atoms with van der Waals surface area (Å²) in [5.74, 6) is 0.329. The van der Waals surface area contributed by atoms with Gasteiger partial charge in [-0.3, -0.25) is 9.69 Å². The van der Waals surface area contributed by atoms with E-state index in [-0.39, 0.29) is 0 Å². The summed E-state index contributed by atoms with van der Waals surface area (Å²) in [4.78, 5) is 14.1. The quantitative estimate of drug-likeness (QED) is 0.867. The van der Waals surface area contributed by atoms with Gasteiger partial charge < -0.3 is 9.52 Å². The molecule has 20 heavy (non-hydrogen) atoms. The minimum absolute atomic E-state index is 0.534. The van der Waals surface area contributed by atoms with Crippen molar-refractivity contribution in [2.24, 2.45) is 5.41 Å². The van der Waals surface area contributed by atoms with E-state index in [1.165, 1.54) is 19.3 Å². The lowest BCUT2D eigenvalue weighted by Gasteiger charge is -2.37. The molecule has 0 bridgehead atoms. The predicted octanol–water partition coefficient (Wildman–Crippen LogP) is 3.28. The van der Waals surface area contributed by atoms with E-state index in [1.807, 2.05) is 12.1 Å². The summed E-state index contributed by atoms with van der Waals surface area (Å²) >= 11 is 0. The summed E-state index contributed by atoms with van der Waals surface area (Å²) in [5, 5.41) is 9.72. The Kier molecular flexibility index (Phi) is 3.83. The van der Waals surface area contributed by atoms with Crippen molar-refractivity contribution < 1.29 is 14.3 Å². The molecule has 2 saturated carbocycles. The Bertz CT molecular complexity index is 444. The van der Waals surface area contributed by atoms with Gasteiger partial charge in [-0.15, -0.1) is 0 Å². The first-order chi connectivity index (χ1) is 9.70. The van der Waals surface area contributed by atoms with Crippen molar-refractivity contribution >= 4 is 5.97 Å². The van der Waals surface area contributed by atoms with Crippen molar-refractivity contribution in [3.05, 3.63) is 24.2 Å². The lowest BCUT2D eigenvalue weighted by molar-refractivity contribution is -0.152. The molecule has 0 amide bonds. The number of hydrogen-bond donors (Lipinski definition) is 1. The molecular formula is C16H23NO3. The van der Waals surface area contributed by atoms with Crippen molar-refractivity contribution in [2.45, 2.75) is 57.5 Å². The van der Waals surface area contributed by atoms with Crippen LogP contribution >= 0.6 is 0 Å². The van der Waals surface area contributed by atoms with Gasteiger partial charge in [-0.2, -0.15) is 0 Å². The van der Waals surface area contributed by atoms with Gasteiger partial charge in [-0.1, -0.05) is 19.3 Å². The van der Waals surface area contributed by atoms with Crippen molar-refractivity contribution in [1.82, 2.24) is 4.90 Å². The van der Waals surface area contributed by atoms with Gasteiger partial charge in [0.2, 0.25) is 0 Å². The Morgan fingerprint density at radius 2 is 2.10 bits per heavy atom. The monoisotopic (exact) mass is 277 g/mol. The van der Waals surface area contributed by atoms with Crippen LogP contribution in [0.2, 0.25) is 0 Å². The van der Waals surface area contributed by atoms with E-state index in [0.29, 0.717) is 12.6 Å². The number of nitrogens with zero attached hydrogens (tertiary/aromatic N) is 1. The van der Waals surface area contributed by atoms with Gasteiger partial charge in [0.15, 0.2) is 0 Å². The molecule has 4 heteroatoms. The molecule has 0 spiro atoms. The Labute approximate surface area is 119 Å². The molecule has 2 fully saturated rings. The maximum Gasteiger partial charge on any atom is 0.310 e. The lowest BCUT2D eigenvalue weighted by atomic mass is 9.73. The van der Waals surface area contributed by atoms with Gasteiger partial charge in [0.25, 0.3) is 0 Å². The summed E-state index contributed by atoms with van der Waals surface area (Å²) in [7, 11) is 0. The number of hydrogen-bond acceptors (Lipinski definition) is 3. The molecule has 1 aromatic rings. The maximum absolute atomic E-state index is 11.8. The Morgan fingerprint density at radius 3 is 2.65 bits per heavy atom. The average molecular weight is 277 g/mol. The summed E-state index contributed by atoms with van der Waals surface area (Å²) < 4.78 is 5.44. The molecule has 0 saturated heterocycles. The molecule has 0 atom stereocenters. The van der Waals surface area contributed by atoms with Crippen LogP contribution in [0.4, 0.5) is 0 Å². The SMILES string of the molecule is O=C(O)C1(CN(Cc2ccco2)C2CC2)CCCCC1. The molecule has 3 rings (SSSR count). The lowest BCUT2D eigenvalue weighted by Crippen LogP contribution is -2.45. The normalized spacial score (nSPS) is 22.1. The molecule has 1 N–H and O–H groups in total. The van der Waals surface area contributed by atoms with Crippen LogP contribution in [0.15, 0.2) is 22.8 Å². The Morgan fingerprint density at radius 1 is 1.35 bits per heavy atom. The van der Waals surface area contributed by atoms with Crippen LogP contribution in [0.5, 0.6) is 0 Å². The number of carboxylic acids is 1. The van der Waals surface area contributed by atoms with E-state index < -0.39 is 11.4 Å². The second-order valence-electron chi connectivity index (χ2n) is 6.36. The highest BCUT2D eigenvalue weighted by Gasteiger charge is 2.43. The van der Waals surface area contributed by atoms with E-state index in [9.17, 15) is 9.90 Å².